The fourth-order valence-electron chi connectivity index (χ4n) is 0.863. The third-order valence-corrected chi connectivity index (χ3v) is 2.31. The van der Waals surface area contributed by atoms with Crippen molar-refractivity contribution in [3.63, 3.8) is 0 Å². The van der Waals surface area contributed by atoms with Gasteiger partial charge in [-0.1, -0.05) is 27.7 Å². The molecule has 0 aromatic rings. The van der Waals surface area contributed by atoms with Crippen LogP contribution < -0.4 is 103 Å². The molecule has 2 saturated heterocycles. The van der Waals surface area contributed by atoms with Crippen molar-refractivity contribution in [1.29, 1.82) is 0 Å². The maximum Gasteiger partial charge on any atom is 1.00 e. The first kappa shape index (κ1) is 33.6. The van der Waals surface area contributed by atoms with Gasteiger partial charge in [-0.2, -0.15) is 8.42 Å². The Kier molecular flexibility index (Phi) is 33.7. The van der Waals surface area contributed by atoms with Gasteiger partial charge in [0.1, 0.15) is 12.2 Å². The van der Waals surface area contributed by atoms with E-state index in [0.29, 0.717) is 12.7 Å². The third kappa shape index (κ3) is 33.1. The molecule has 23 heavy (non-hydrogen) atoms. The van der Waals surface area contributed by atoms with E-state index in [2.05, 4.69) is 4.74 Å². The Labute approximate surface area is 226 Å². The third-order valence-electron chi connectivity index (χ3n) is 1.85. The Morgan fingerprint density at radius 1 is 0.957 bits per heavy atom. The van der Waals surface area contributed by atoms with E-state index < -0.39 is 16.1 Å². The minimum Gasteiger partial charge on any atom is -0.379 e. The molecule has 2 atom stereocenters. The second kappa shape index (κ2) is 23.1. The second-order valence-electron chi connectivity index (χ2n) is 3.64. The molecule has 1 N–H and O–H groups in total. The van der Waals surface area contributed by atoms with E-state index in [1.807, 2.05) is 34.6 Å². The summed E-state index contributed by atoms with van der Waals surface area (Å²) < 4.78 is 47.4. The van der Waals surface area contributed by atoms with Gasteiger partial charge in [0.05, 0.1) is 26.4 Å². The van der Waals surface area contributed by atoms with Gasteiger partial charge in [-0.3, -0.25) is 4.55 Å². The van der Waals surface area contributed by atoms with E-state index in [1.54, 1.807) is 0 Å². The minimum absolute atomic E-state index is 0. The zero-order valence-corrected chi connectivity index (χ0v) is 22.8. The summed E-state index contributed by atoms with van der Waals surface area (Å²) in [6.45, 7) is 13.3. The van der Waals surface area contributed by atoms with E-state index >= 15 is 0 Å². The Bertz CT molecular complexity index is 307. The number of hydrogen-bond acceptors (Lipinski definition) is 6. The average molecular weight is 409 g/mol. The van der Waals surface area contributed by atoms with E-state index in [-0.39, 0.29) is 115 Å². The minimum atomic E-state index is -3.97. The van der Waals surface area contributed by atoms with Crippen LogP contribution in [0.25, 0.3) is 0 Å². The first-order chi connectivity index (χ1) is 10.0. The van der Waals surface area contributed by atoms with Crippen molar-refractivity contribution >= 4 is 10.1 Å². The number of ether oxygens (including phenoxy) is 4. The van der Waals surface area contributed by atoms with Crippen molar-refractivity contribution in [2.24, 2.45) is 0 Å². The number of rotatable bonds is 7. The standard InChI is InChI=1S/C5H10O2.C4H8O5S.2C2H6.2K/c1-2-6-3-5-4-7-5;5-10(6,7)3-8-1-4-2-9-4;2*1-2;;/h5H,2-4H2,1H3;4H,1-3H2,(H,5,6,7);2*1-2H3;;/q;;;;2*+1. The maximum absolute atomic E-state index is 10.0. The monoisotopic (exact) mass is 408 g/mol. The van der Waals surface area contributed by atoms with Gasteiger partial charge in [0.15, 0.2) is 5.94 Å². The van der Waals surface area contributed by atoms with Crippen molar-refractivity contribution in [3.05, 3.63) is 0 Å². The molecule has 2 rings (SSSR count). The first-order valence-electron chi connectivity index (χ1n) is 7.35. The molecule has 0 aliphatic carbocycles. The van der Waals surface area contributed by atoms with Crippen LogP contribution in [-0.4, -0.2) is 64.2 Å². The molecule has 0 bridgehead atoms. The summed E-state index contributed by atoms with van der Waals surface area (Å²) in [5.74, 6) is -0.646. The molecular formula is C13H30K2O7S+2. The van der Waals surface area contributed by atoms with Crippen LogP contribution in [0.5, 0.6) is 0 Å². The van der Waals surface area contributed by atoms with Crippen LogP contribution in [0.3, 0.4) is 0 Å². The van der Waals surface area contributed by atoms with Gasteiger partial charge in [0, 0.05) is 6.61 Å². The summed E-state index contributed by atoms with van der Waals surface area (Å²) in [6.07, 6.45) is 0.460. The van der Waals surface area contributed by atoms with E-state index in [4.69, 9.17) is 18.8 Å². The van der Waals surface area contributed by atoms with E-state index in [1.165, 1.54) is 0 Å². The molecule has 0 aromatic carbocycles. The number of hydrogen-bond donors (Lipinski definition) is 1. The summed E-state index contributed by atoms with van der Waals surface area (Å²) in [5.41, 5.74) is 0. The zero-order chi connectivity index (χ0) is 16.7. The van der Waals surface area contributed by atoms with Crippen LogP contribution in [0.2, 0.25) is 0 Å². The predicted molar refractivity (Wildman–Crippen MR) is 81.0 cm³/mol. The van der Waals surface area contributed by atoms with Gasteiger partial charge in [-0.15, -0.1) is 0 Å². The van der Waals surface area contributed by atoms with Crippen LogP contribution in [0, 0.1) is 0 Å². The summed E-state index contributed by atoms with van der Waals surface area (Å²) in [6, 6.07) is 0. The van der Waals surface area contributed by atoms with Crippen molar-refractivity contribution in [2.45, 2.75) is 46.8 Å². The zero-order valence-electron chi connectivity index (χ0n) is 15.7. The largest absolute Gasteiger partial charge is 1.00 e. The summed E-state index contributed by atoms with van der Waals surface area (Å²) in [7, 11) is -3.97. The summed E-state index contributed by atoms with van der Waals surface area (Å²) in [5, 5.41) is 0. The fraction of sp³-hybridized carbons (Fsp3) is 1.00. The van der Waals surface area contributed by atoms with Crippen molar-refractivity contribution in [2.75, 3.05) is 39.0 Å². The molecule has 0 radical (unpaired) electrons. The van der Waals surface area contributed by atoms with Crippen LogP contribution in [0.1, 0.15) is 34.6 Å². The SMILES string of the molecule is CC.CC.CCOCC1CO1.O=S(=O)(O)COCC1CO1.[K+].[K+]. The fourth-order valence-corrected chi connectivity index (χ4v) is 1.17. The van der Waals surface area contributed by atoms with Crippen molar-refractivity contribution in [1.82, 2.24) is 0 Å². The molecule has 2 aliphatic rings. The van der Waals surface area contributed by atoms with E-state index in [9.17, 15) is 8.42 Å². The average Bonchev–Trinajstić information content (AvgIpc) is 3.35. The quantitative estimate of drug-likeness (QED) is 0.259. The van der Waals surface area contributed by atoms with Crippen LogP contribution in [0.4, 0.5) is 0 Å². The Balaban J connectivity index is -0.000000124. The van der Waals surface area contributed by atoms with Gasteiger partial charge in [-0.05, 0) is 6.92 Å². The molecule has 0 spiro atoms. The van der Waals surface area contributed by atoms with Crippen LogP contribution >= 0.6 is 0 Å². The van der Waals surface area contributed by atoms with Gasteiger partial charge in [0.25, 0.3) is 10.1 Å². The smallest absolute Gasteiger partial charge is 0.379 e. The van der Waals surface area contributed by atoms with Gasteiger partial charge in [-0.25, -0.2) is 0 Å². The molecule has 2 aliphatic heterocycles. The van der Waals surface area contributed by atoms with Gasteiger partial charge >= 0.3 is 103 Å². The molecular weight excluding hydrogens is 378 g/mol. The molecule has 130 valence electrons. The molecule has 2 heterocycles. The Morgan fingerprint density at radius 3 is 1.57 bits per heavy atom. The molecule has 2 unspecified atom stereocenters. The molecule has 10 heteroatoms. The summed E-state index contributed by atoms with van der Waals surface area (Å²) >= 11 is 0. The second-order valence-corrected chi connectivity index (χ2v) is 5.04. The first-order valence-corrected chi connectivity index (χ1v) is 8.96. The maximum atomic E-state index is 10.0. The molecule has 0 aromatic heterocycles. The van der Waals surface area contributed by atoms with Crippen molar-refractivity contribution in [3.8, 4) is 0 Å². The molecule has 7 nitrogen and oxygen atoms in total. The van der Waals surface area contributed by atoms with E-state index in [0.717, 1.165) is 19.8 Å². The molecule has 2 fully saturated rings. The van der Waals surface area contributed by atoms with Crippen LogP contribution in [-0.2, 0) is 29.1 Å². The predicted octanol–water partition coefficient (Wildman–Crippen LogP) is -4.27. The Hall–Kier alpha value is 3.02. The number of epoxide rings is 2. The molecule has 0 saturated carbocycles. The van der Waals surface area contributed by atoms with Gasteiger partial charge in [0.2, 0.25) is 0 Å². The summed E-state index contributed by atoms with van der Waals surface area (Å²) in [4.78, 5) is 0. The topological polar surface area (TPSA) is 97.9 Å². The van der Waals surface area contributed by atoms with Crippen molar-refractivity contribution < 1.29 is 135 Å². The normalized spacial score (nSPS) is 19.7. The Morgan fingerprint density at radius 2 is 1.30 bits per heavy atom. The van der Waals surface area contributed by atoms with Crippen LogP contribution in [0.15, 0.2) is 0 Å². The molecule has 0 amide bonds. The van der Waals surface area contributed by atoms with Gasteiger partial charge < -0.3 is 18.9 Å².